The van der Waals surface area contributed by atoms with E-state index in [1.165, 1.54) is 5.69 Å². The number of rotatable bonds is 2. The number of pyridine rings is 1. The van der Waals surface area contributed by atoms with Crippen LogP contribution in [0, 0.1) is 13.3 Å². The molecule has 3 nitrogen and oxygen atoms in total. The Labute approximate surface area is 91.1 Å². The average molecular weight is 205 g/mol. The fraction of sp³-hybridized carbons (Fsp3) is 0.500. The van der Waals surface area contributed by atoms with E-state index in [9.17, 15) is 0 Å². The quantitative estimate of drug-likeness (QED) is 0.736. The molecule has 1 atom stereocenters. The third-order valence-electron chi connectivity index (χ3n) is 2.80. The topological polar surface area (TPSA) is 25.4 Å². The molecule has 2 rings (SSSR count). The van der Waals surface area contributed by atoms with E-state index in [0.717, 1.165) is 25.2 Å². The number of ether oxygens (including phenoxy) is 1. The van der Waals surface area contributed by atoms with Gasteiger partial charge in [-0.2, -0.15) is 0 Å². The molecule has 0 N–H and O–H groups in total. The van der Waals surface area contributed by atoms with Gasteiger partial charge in [0.15, 0.2) is 0 Å². The highest BCUT2D eigenvalue weighted by Crippen LogP contribution is 2.19. The van der Waals surface area contributed by atoms with Gasteiger partial charge in [-0.25, -0.2) is 0 Å². The molecule has 0 amide bonds. The van der Waals surface area contributed by atoms with Gasteiger partial charge in [0, 0.05) is 25.9 Å². The Morgan fingerprint density at radius 2 is 2.33 bits per heavy atom. The summed E-state index contributed by atoms with van der Waals surface area (Å²) in [7, 11) is 1.77. The maximum atomic E-state index is 5.37. The summed E-state index contributed by atoms with van der Waals surface area (Å²) in [4.78, 5) is 6.60. The molecular weight excluding hydrogens is 188 g/mol. The van der Waals surface area contributed by atoms with Gasteiger partial charge in [0.2, 0.25) is 0 Å². The van der Waals surface area contributed by atoms with Gasteiger partial charge in [-0.15, -0.1) is 0 Å². The summed E-state index contributed by atoms with van der Waals surface area (Å²) in [6.45, 7) is 3.95. The third kappa shape index (κ3) is 2.48. The van der Waals surface area contributed by atoms with Gasteiger partial charge in [0.25, 0.3) is 0 Å². The first-order valence-electron chi connectivity index (χ1n) is 5.31. The second-order valence-corrected chi connectivity index (χ2v) is 3.94. The van der Waals surface area contributed by atoms with E-state index in [1.54, 1.807) is 7.11 Å². The lowest BCUT2D eigenvalue weighted by Crippen LogP contribution is -2.39. The summed E-state index contributed by atoms with van der Waals surface area (Å²) in [5.41, 5.74) is 2.24. The van der Waals surface area contributed by atoms with E-state index in [0.29, 0.717) is 6.10 Å². The molecule has 81 valence electrons. The maximum absolute atomic E-state index is 5.37. The Morgan fingerprint density at radius 1 is 1.47 bits per heavy atom. The average Bonchev–Trinajstić information content (AvgIpc) is 2.30. The van der Waals surface area contributed by atoms with Gasteiger partial charge < -0.3 is 9.64 Å². The highest BCUT2D eigenvalue weighted by atomic mass is 16.5. The fourth-order valence-corrected chi connectivity index (χ4v) is 1.84. The number of aromatic nitrogens is 1. The minimum Gasteiger partial charge on any atom is -0.380 e. The van der Waals surface area contributed by atoms with Gasteiger partial charge in [0.1, 0.15) is 0 Å². The van der Waals surface area contributed by atoms with Crippen molar-refractivity contribution in [3.8, 4) is 0 Å². The van der Waals surface area contributed by atoms with Crippen LogP contribution >= 0.6 is 0 Å². The van der Waals surface area contributed by atoms with Crippen LogP contribution in [-0.2, 0) is 4.74 Å². The summed E-state index contributed by atoms with van der Waals surface area (Å²) >= 11 is 0. The van der Waals surface area contributed by atoms with Crippen LogP contribution in [0.1, 0.15) is 12.1 Å². The number of methoxy groups -OCH3 is 1. The van der Waals surface area contributed by atoms with E-state index < -0.39 is 0 Å². The van der Waals surface area contributed by atoms with E-state index >= 15 is 0 Å². The molecule has 1 saturated heterocycles. The van der Waals surface area contributed by atoms with Crippen molar-refractivity contribution >= 4 is 5.69 Å². The molecule has 2 heterocycles. The Bertz CT molecular complexity index is 310. The van der Waals surface area contributed by atoms with Gasteiger partial charge in [-0.1, -0.05) is 0 Å². The fourth-order valence-electron chi connectivity index (χ4n) is 1.84. The minimum absolute atomic E-state index is 0.319. The number of hydrogen-bond donors (Lipinski definition) is 0. The van der Waals surface area contributed by atoms with Crippen LogP contribution in [0.15, 0.2) is 18.3 Å². The lowest BCUT2D eigenvalue weighted by Gasteiger charge is -2.33. The number of aryl methyl sites for hydroxylation is 1. The molecule has 0 unspecified atom stereocenters. The first kappa shape index (κ1) is 10.4. The zero-order valence-corrected chi connectivity index (χ0v) is 9.31. The molecule has 15 heavy (non-hydrogen) atoms. The van der Waals surface area contributed by atoms with E-state index in [2.05, 4.69) is 22.4 Å². The van der Waals surface area contributed by atoms with Crippen LogP contribution < -0.4 is 4.90 Å². The predicted molar refractivity (Wildman–Crippen MR) is 60.9 cm³/mol. The zero-order valence-electron chi connectivity index (χ0n) is 9.31. The molecule has 1 fully saturated rings. The second-order valence-electron chi connectivity index (χ2n) is 3.94. The van der Waals surface area contributed by atoms with Crippen LogP contribution in [0.25, 0.3) is 0 Å². The van der Waals surface area contributed by atoms with Gasteiger partial charge in [-0.3, -0.25) is 4.98 Å². The Balaban J connectivity index is 2.06. The van der Waals surface area contributed by atoms with E-state index in [1.807, 2.05) is 19.2 Å². The van der Waals surface area contributed by atoms with Crippen molar-refractivity contribution in [2.45, 2.75) is 19.4 Å². The van der Waals surface area contributed by atoms with Crippen molar-refractivity contribution in [3.63, 3.8) is 0 Å². The van der Waals surface area contributed by atoms with Crippen molar-refractivity contribution in [3.05, 3.63) is 30.4 Å². The molecular formula is C12H17N2O. The maximum Gasteiger partial charge on any atom is 0.0749 e. The lowest BCUT2D eigenvalue weighted by molar-refractivity contribution is 0.100. The molecule has 0 saturated carbocycles. The number of anilines is 1. The summed E-state index contributed by atoms with van der Waals surface area (Å²) in [5.74, 6) is 0. The summed E-state index contributed by atoms with van der Waals surface area (Å²) in [6.07, 6.45) is 5.56. The lowest BCUT2D eigenvalue weighted by atomic mass is 10.1. The van der Waals surface area contributed by atoms with Gasteiger partial charge in [0.05, 0.1) is 18.0 Å². The molecule has 1 aliphatic heterocycles. The highest BCUT2D eigenvalue weighted by molar-refractivity contribution is 5.45. The molecule has 0 spiro atoms. The SMILES string of the molecule is CO[C@H]1C[CH]CN(c2ccc(C)nc2)C1. The van der Waals surface area contributed by atoms with Crippen LogP contribution in [0.4, 0.5) is 5.69 Å². The largest absolute Gasteiger partial charge is 0.380 e. The predicted octanol–water partition coefficient (Wildman–Crippen LogP) is 1.82. The standard InChI is InChI=1S/C12H17N2O/c1-10-5-6-11(8-13-10)14-7-3-4-12(9-14)15-2/h3,5-6,8,12H,4,7,9H2,1-2H3/t12-/m0/s1. The van der Waals surface area contributed by atoms with Crippen molar-refractivity contribution in [2.75, 3.05) is 25.1 Å². The van der Waals surface area contributed by atoms with E-state index in [-0.39, 0.29) is 0 Å². The highest BCUT2D eigenvalue weighted by Gasteiger charge is 2.19. The monoisotopic (exact) mass is 205 g/mol. The number of hydrogen-bond acceptors (Lipinski definition) is 3. The molecule has 0 aliphatic carbocycles. The summed E-state index contributed by atoms with van der Waals surface area (Å²) in [5, 5.41) is 0. The molecule has 1 radical (unpaired) electrons. The Kier molecular flexibility index (Phi) is 3.21. The second kappa shape index (κ2) is 4.62. The van der Waals surface area contributed by atoms with Crippen molar-refractivity contribution in [1.82, 2.24) is 4.98 Å². The van der Waals surface area contributed by atoms with Crippen molar-refractivity contribution in [2.24, 2.45) is 0 Å². The summed E-state index contributed by atoms with van der Waals surface area (Å²) < 4.78 is 5.37. The molecule has 1 aromatic heterocycles. The molecule has 1 aromatic rings. The van der Waals surface area contributed by atoms with Crippen molar-refractivity contribution < 1.29 is 4.74 Å². The number of nitrogens with zero attached hydrogens (tertiary/aromatic N) is 2. The summed E-state index contributed by atoms with van der Waals surface area (Å²) in [6, 6.07) is 4.17. The van der Waals surface area contributed by atoms with Gasteiger partial charge >= 0.3 is 0 Å². The van der Waals surface area contributed by atoms with Crippen molar-refractivity contribution in [1.29, 1.82) is 0 Å². The third-order valence-corrected chi connectivity index (χ3v) is 2.80. The normalized spacial score (nSPS) is 21.7. The Morgan fingerprint density at radius 3 is 3.00 bits per heavy atom. The van der Waals surface area contributed by atoms with Crippen LogP contribution in [-0.4, -0.2) is 31.3 Å². The first-order chi connectivity index (χ1) is 7.29. The molecule has 0 aromatic carbocycles. The number of piperidine rings is 1. The Hall–Kier alpha value is -1.09. The minimum atomic E-state index is 0.319. The van der Waals surface area contributed by atoms with Crippen LogP contribution in [0.3, 0.4) is 0 Å². The van der Waals surface area contributed by atoms with Crippen LogP contribution in [0.2, 0.25) is 0 Å². The van der Waals surface area contributed by atoms with Crippen LogP contribution in [0.5, 0.6) is 0 Å². The molecule has 1 aliphatic rings. The van der Waals surface area contributed by atoms with E-state index in [4.69, 9.17) is 4.74 Å². The zero-order chi connectivity index (χ0) is 10.7. The first-order valence-corrected chi connectivity index (χ1v) is 5.31. The molecule has 0 bridgehead atoms. The smallest absolute Gasteiger partial charge is 0.0749 e. The van der Waals surface area contributed by atoms with Gasteiger partial charge in [-0.05, 0) is 31.9 Å². The molecule has 3 heteroatoms.